The molecule has 7 heteroatoms. The number of para-hydroxylation sites is 1. The first-order valence-electron chi connectivity index (χ1n) is 9.35. The summed E-state index contributed by atoms with van der Waals surface area (Å²) in [6, 6.07) is 19.0. The van der Waals surface area contributed by atoms with Crippen LogP contribution in [0.3, 0.4) is 0 Å². The van der Waals surface area contributed by atoms with E-state index < -0.39 is 17.1 Å². The largest absolute Gasteiger partial charge is 0.325 e. The van der Waals surface area contributed by atoms with E-state index in [1.807, 2.05) is 72.4 Å². The summed E-state index contributed by atoms with van der Waals surface area (Å²) in [5.41, 5.74) is 3.49. The molecule has 4 rings (SSSR count). The van der Waals surface area contributed by atoms with Crippen LogP contribution in [0, 0.1) is 6.92 Å². The molecule has 0 spiro atoms. The maximum absolute atomic E-state index is 12.7. The first-order chi connectivity index (χ1) is 14.5. The van der Waals surface area contributed by atoms with Crippen LogP contribution in [0.5, 0.6) is 0 Å². The summed E-state index contributed by atoms with van der Waals surface area (Å²) < 4.78 is 1.94. The lowest BCUT2D eigenvalue weighted by molar-refractivity contribution is -0.127. The maximum atomic E-state index is 12.7. The third-order valence-corrected chi connectivity index (χ3v) is 5.49. The third-order valence-electron chi connectivity index (χ3n) is 4.58. The minimum Gasteiger partial charge on any atom is -0.325 e. The van der Waals surface area contributed by atoms with Crippen LogP contribution in [0.2, 0.25) is 0 Å². The van der Waals surface area contributed by atoms with Crippen LogP contribution in [0.4, 0.5) is 10.5 Å². The molecule has 0 bridgehead atoms. The van der Waals surface area contributed by atoms with Crippen LogP contribution in [0.15, 0.2) is 78.0 Å². The van der Waals surface area contributed by atoms with Crippen molar-refractivity contribution >= 4 is 40.6 Å². The summed E-state index contributed by atoms with van der Waals surface area (Å²) in [5, 5.41) is 2.25. The predicted molar refractivity (Wildman–Crippen MR) is 118 cm³/mol. The standard InChI is InChI=1S/C23H19N3O3S/c1-16-7-9-18(10-8-16)24-21(27)15-26-22(28)20(30-23(26)29)13-17-11-12-25(14-17)19-5-3-2-4-6-19/h2-14H,15H2,1H3,(H,24,27)/b20-13+. The number of aromatic nitrogens is 1. The van der Waals surface area contributed by atoms with E-state index in [0.717, 1.165) is 33.5 Å². The van der Waals surface area contributed by atoms with Crippen molar-refractivity contribution in [2.24, 2.45) is 0 Å². The Morgan fingerprint density at radius 2 is 1.77 bits per heavy atom. The summed E-state index contributed by atoms with van der Waals surface area (Å²) in [7, 11) is 0. The number of benzene rings is 2. The average Bonchev–Trinajstić information content (AvgIpc) is 3.31. The minimum atomic E-state index is -0.462. The van der Waals surface area contributed by atoms with Crippen LogP contribution in [-0.4, -0.2) is 33.1 Å². The Hall–Kier alpha value is -3.58. The lowest BCUT2D eigenvalue weighted by Crippen LogP contribution is -2.36. The van der Waals surface area contributed by atoms with Gasteiger partial charge in [-0.1, -0.05) is 35.9 Å². The van der Waals surface area contributed by atoms with E-state index in [1.54, 1.807) is 18.2 Å². The Morgan fingerprint density at radius 3 is 2.50 bits per heavy atom. The monoisotopic (exact) mass is 417 g/mol. The van der Waals surface area contributed by atoms with Crippen molar-refractivity contribution in [2.75, 3.05) is 11.9 Å². The Morgan fingerprint density at radius 1 is 1.03 bits per heavy atom. The Kier molecular flexibility index (Phi) is 5.54. The van der Waals surface area contributed by atoms with Gasteiger partial charge in [-0.2, -0.15) is 0 Å². The van der Waals surface area contributed by atoms with Gasteiger partial charge in [0.15, 0.2) is 0 Å². The molecule has 1 aliphatic heterocycles. The number of anilines is 1. The highest BCUT2D eigenvalue weighted by molar-refractivity contribution is 8.18. The Labute approximate surface area is 178 Å². The minimum absolute atomic E-state index is 0.300. The summed E-state index contributed by atoms with van der Waals surface area (Å²) in [4.78, 5) is 38.5. The highest BCUT2D eigenvalue weighted by atomic mass is 32.2. The van der Waals surface area contributed by atoms with Crippen molar-refractivity contribution in [3.05, 3.63) is 89.1 Å². The Bertz CT molecular complexity index is 1130. The molecule has 1 aliphatic rings. The Balaban J connectivity index is 1.44. The molecule has 0 saturated carbocycles. The normalized spacial score (nSPS) is 15.1. The quantitative estimate of drug-likeness (QED) is 0.622. The average molecular weight is 417 g/mol. The molecule has 3 aromatic rings. The number of thioether (sulfide) groups is 1. The fourth-order valence-electron chi connectivity index (χ4n) is 3.03. The highest BCUT2D eigenvalue weighted by Crippen LogP contribution is 2.32. The predicted octanol–water partition coefficient (Wildman–Crippen LogP) is 4.46. The first-order valence-corrected chi connectivity index (χ1v) is 10.2. The van der Waals surface area contributed by atoms with Gasteiger partial charge < -0.3 is 9.88 Å². The molecule has 0 unspecified atom stereocenters. The highest BCUT2D eigenvalue weighted by Gasteiger charge is 2.36. The van der Waals surface area contributed by atoms with E-state index in [-0.39, 0.29) is 6.54 Å². The molecular weight excluding hydrogens is 398 g/mol. The molecule has 6 nitrogen and oxygen atoms in total. The molecular formula is C23H19N3O3S. The third kappa shape index (κ3) is 4.36. The van der Waals surface area contributed by atoms with Gasteiger partial charge in [-0.05, 0) is 60.7 Å². The summed E-state index contributed by atoms with van der Waals surface area (Å²) in [5.74, 6) is -0.880. The van der Waals surface area contributed by atoms with Crippen LogP contribution >= 0.6 is 11.8 Å². The molecule has 1 fully saturated rings. The van der Waals surface area contributed by atoms with Crippen LogP contribution < -0.4 is 5.32 Å². The van der Waals surface area contributed by atoms with E-state index >= 15 is 0 Å². The van der Waals surface area contributed by atoms with Gasteiger partial charge in [0.05, 0.1) is 4.91 Å². The molecule has 30 heavy (non-hydrogen) atoms. The molecule has 2 heterocycles. The second-order valence-corrected chi connectivity index (χ2v) is 7.86. The second kappa shape index (κ2) is 8.42. The number of carbonyl (C=O) groups excluding carboxylic acids is 3. The van der Waals surface area contributed by atoms with Gasteiger partial charge in [-0.15, -0.1) is 0 Å². The summed E-state index contributed by atoms with van der Waals surface area (Å²) in [6.45, 7) is 1.63. The summed E-state index contributed by atoms with van der Waals surface area (Å²) >= 11 is 0.841. The van der Waals surface area contributed by atoms with Crippen molar-refractivity contribution in [3.63, 3.8) is 0 Å². The number of imide groups is 1. The number of nitrogens with zero attached hydrogens (tertiary/aromatic N) is 2. The molecule has 1 N–H and O–H groups in total. The SMILES string of the molecule is Cc1ccc(NC(=O)CN2C(=O)S/C(=C/c3ccn(-c4ccccc4)c3)C2=O)cc1. The zero-order valence-corrected chi connectivity index (χ0v) is 17.1. The van der Waals surface area contributed by atoms with E-state index in [0.29, 0.717) is 10.6 Å². The van der Waals surface area contributed by atoms with Crippen LogP contribution in [0.1, 0.15) is 11.1 Å². The zero-order chi connectivity index (χ0) is 21.1. The summed E-state index contributed by atoms with van der Waals surface area (Å²) in [6.07, 6.45) is 5.44. The molecule has 0 aliphatic carbocycles. The van der Waals surface area contributed by atoms with E-state index in [4.69, 9.17) is 0 Å². The molecule has 3 amide bonds. The maximum Gasteiger partial charge on any atom is 0.294 e. The van der Waals surface area contributed by atoms with Crippen molar-refractivity contribution in [2.45, 2.75) is 6.92 Å². The van der Waals surface area contributed by atoms with Gasteiger partial charge in [0.1, 0.15) is 6.54 Å². The number of amides is 3. The van der Waals surface area contributed by atoms with E-state index in [1.165, 1.54) is 0 Å². The number of hydrogen-bond donors (Lipinski definition) is 1. The number of rotatable bonds is 5. The number of carbonyl (C=O) groups is 3. The topological polar surface area (TPSA) is 71.4 Å². The molecule has 0 atom stereocenters. The van der Waals surface area contributed by atoms with Crippen molar-refractivity contribution in [1.82, 2.24) is 9.47 Å². The fourth-order valence-corrected chi connectivity index (χ4v) is 3.87. The van der Waals surface area contributed by atoms with E-state index in [2.05, 4.69) is 5.32 Å². The van der Waals surface area contributed by atoms with Crippen molar-refractivity contribution in [3.8, 4) is 5.69 Å². The first kappa shape index (κ1) is 19.7. The zero-order valence-electron chi connectivity index (χ0n) is 16.2. The van der Waals surface area contributed by atoms with Gasteiger partial charge in [-0.25, -0.2) is 0 Å². The van der Waals surface area contributed by atoms with Crippen molar-refractivity contribution < 1.29 is 14.4 Å². The lowest BCUT2D eigenvalue weighted by Gasteiger charge is -2.12. The van der Waals surface area contributed by atoms with Gasteiger partial charge in [0.2, 0.25) is 5.91 Å². The van der Waals surface area contributed by atoms with Crippen molar-refractivity contribution in [1.29, 1.82) is 0 Å². The molecule has 1 saturated heterocycles. The van der Waals surface area contributed by atoms with Gasteiger partial charge in [0, 0.05) is 23.8 Å². The lowest BCUT2D eigenvalue weighted by atomic mass is 10.2. The molecule has 0 radical (unpaired) electrons. The van der Waals surface area contributed by atoms with Gasteiger partial charge in [-0.3, -0.25) is 19.3 Å². The van der Waals surface area contributed by atoms with E-state index in [9.17, 15) is 14.4 Å². The molecule has 1 aromatic heterocycles. The molecule has 2 aromatic carbocycles. The van der Waals surface area contributed by atoms with Crippen LogP contribution in [-0.2, 0) is 9.59 Å². The fraction of sp³-hybridized carbons (Fsp3) is 0.0870. The van der Waals surface area contributed by atoms with Crippen LogP contribution in [0.25, 0.3) is 11.8 Å². The second-order valence-electron chi connectivity index (χ2n) is 6.87. The smallest absolute Gasteiger partial charge is 0.294 e. The molecule has 150 valence electrons. The number of aryl methyl sites for hydroxylation is 1. The van der Waals surface area contributed by atoms with Gasteiger partial charge in [0.25, 0.3) is 11.1 Å². The number of hydrogen-bond acceptors (Lipinski definition) is 4. The number of nitrogens with one attached hydrogen (secondary N) is 1. The van der Waals surface area contributed by atoms with Gasteiger partial charge >= 0.3 is 0 Å².